The largest absolute Gasteiger partial charge is 0.450 e. The smallest absolute Gasteiger partial charge is 0.416 e. The van der Waals surface area contributed by atoms with Gasteiger partial charge in [-0.25, -0.2) is 4.79 Å². The molecule has 1 aromatic carbocycles. The fourth-order valence-corrected chi connectivity index (χ4v) is 1.66. The molecule has 110 valence electrons. The van der Waals surface area contributed by atoms with Gasteiger partial charge >= 0.3 is 12.3 Å². The molecule has 1 unspecified atom stereocenters. The van der Waals surface area contributed by atoms with Crippen LogP contribution in [0.15, 0.2) is 36.9 Å². The van der Waals surface area contributed by atoms with Crippen molar-refractivity contribution < 1.29 is 22.7 Å². The summed E-state index contributed by atoms with van der Waals surface area (Å²) in [4.78, 5) is 11.4. The van der Waals surface area contributed by atoms with E-state index in [2.05, 4.69) is 11.9 Å². The van der Waals surface area contributed by atoms with Gasteiger partial charge in [0, 0.05) is 0 Å². The molecular formula is C14H16F3NO2. The molecule has 1 N–H and O–H groups in total. The van der Waals surface area contributed by atoms with E-state index in [0.29, 0.717) is 12.0 Å². The number of rotatable bonds is 5. The Labute approximate surface area is 115 Å². The van der Waals surface area contributed by atoms with Crippen LogP contribution in [0.2, 0.25) is 0 Å². The summed E-state index contributed by atoms with van der Waals surface area (Å²) < 4.78 is 42.2. The quantitative estimate of drug-likeness (QED) is 0.829. The van der Waals surface area contributed by atoms with Crippen LogP contribution >= 0.6 is 0 Å². The molecule has 0 aliphatic rings. The maximum absolute atomic E-state index is 12.5. The summed E-state index contributed by atoms with van der Waals surface area (Å²) in [7, 11) is 0. The highest BCUT2D eigenvalue weighted by atomic mass is 19.4. The number of amides is 1. The van der Waals surface area contributed by atoms with Gasteiger partial charge in [-0.1, -0.05) is 18.2 Å². The molecule has 0 heterocycles. The van der Waals surface area contributed by atoms with Crippen LogP contribution in [0, 0.1) is 0 Å². The lowest BCUT2D eigenvalue weighted by molar-refractivity contribution is -0.137. The van der Waals surface area contributed by atoms with Gasteiger partial charge in [-0.05, 0) is 31.0 Å². The first-order valence-electron chi connectivity index (χ1n) is 6.09. The summed E-state index contributed by atoms with van der Waals surface area (Å²) in [6.07, 6.45) is -3.01. The minimum absolute atomic E-state index is 0.222. The molecule has 20 heavy (non-hydrogen) atoms. The summed E-state index contributed by atoms with van der Waals surface area (Å²) >= 11 is 0. The zero-order valence-corrected chi connectivity index (χ0v) is 11.0. The van der Waals surface area contributed by atoms with Gasteiger partial charge in [-0.2, -0.15) is 13.2 Å². The molecule has 3 nitrogen and oxygen atoms in total. The average molecular weight is 287 g/mol. The third-order valence-corrected chi connectivity index (χ3v) is 2.61. The second-order valence-electron chi connectivity index (χ2n) is 4.06. The van der Waals surface area contributed by atoms with Crippen molar-refractivity contribution in [1.82, 2.24) is 5.32 Å². The van der Waals surface area contributed by atoms with Crippen LogP contribution in [0.1, 0.15) is 30.5 Å². The molecule has 0 aliphatic heterocycles. The topological polar surface area (TPSA) is 38.3 Å². The number of hydrogen-bond donors (Lipinski definition) is 1. The van der Waals surface area contributed by atoms with E-state index in [0.717, 1.165) is 12.1 Å². The number of ether oxygens (including phenoxy) is 1. The van der Waals surface area contributed by atoms with E-state index in [1.54, 1.807) is 13.0 Å². The number of nitrogens with one attached hydrogen (secondary N) is 1. The van der Waals surface area contributed by atoms with Gasteiger partial charge in [-0.15, -0.1) is 6.58 Å². The Bertz CT molecular complexity index is 454. The van der Waals surface area contributed by atoms with Crippen LogP contribution < -0.4 is 5.32 Å². The van der Waals surface area contributed by atoms with Crippen LogP contribution in [-0.2, 0) is 10.9 Å². The van der Waals surface area contributed by atoms with Gasteiger partial charge in [-0.3, -0.25) is 0 Å². The van der Waals surface area contributed by atoms with Crippen LogP contribution in [0.25, 0.3) is 0 Å². The molecule has 0 aromatic heterocycles. The SMILES string of the molecule is C=CCC(NC(=O)OCC)c1ccc(C(F)(F)F)cc1. The van der Waals surface area contributed by atoms with E-state index in [-0.39, 0.29) is 6.61 Å². The zero-order valence-electron chi connectivity index (χ0n) is 11.0. The Morgan fingerprint density at radius 1 is 1.40 bits per heavy atom. The van der Waals surface area contributed by atoms with Gasteiger partial charge in [0.15, 0.2) is 0 Å². The van der Waals surface area contributed by atoms with E-state index in [1.807, 2.05) is 0 Å². The summed E-state index contributed by atoms with van der Waals surface area (Å²) in [5.74, 6) is 0. The van der Waals surface area contributed by atoms with E-state index in [1.165, 1.54) is 12.1 Å². The first kappa shape index (κ1) is 16.1. The van der Waals surface area contributed by atoms with E-state index >= 15 is 0 Å². The number of hydrogen-bond acceptors (Lipinski definition) is 2. The number of benzene rings is 1. The highest BCUT2D eigenvalue weighted by Crippen LogP contribution is 2.30. The molecule has 1 rings (SSSR count). The molecule has 6 heteroatoms. The average Bonchev–Trinajstić information content (AvgIpc) is 2.38. The van der Waals surface area contributed by atoms with Crippen LogP contribution in [-0.4, -0.2) is 12.7 Å². The highest BCUT2D eigenvalue weighted by Gasteiger charge is 2.30. The van der Waals surface area contributed by atoms with Gasteiger partial charge < -0.3 is 10.1 Å². The van der Waals surface area contributed by atoms with Crippen molar-refractivity contribution in [1.29, 1.82) is 0 Å². The molecule has 0 radical (unpaired) electrons. The van der Waals surface area contributed by atoms with Crippen molar-refractivity contribution in [3.8, 4) is 0 Å². The van der Waals surface area contributed by atoms with E-state index in [4.69, 9.17) is 4.74 Å². The van der Waals surface area contributed by atoms with Crippen molar-refractivity contribution in [2.45, 2.75) is 25.6 Å². The molecule has 1 atom stereocenters. The minimum Gasteiger partial charge on any atom is -0.450 e. The molecular weight excluding hydrogens is 271 g/mol. The molecule has 0 saturated heterocycles. The third kappa shape index (κ3) is 4.60. The Balaban J connectivity index is 2.86. The third-order valence-electron chi connectivity index (χ3n) is 2.61. The summed E-state index contributed by atoms with van der Waals surface area (Å²) in [6, 6.07) is 4.18. The molecule has 0 aliphatic carbocycles. The normalized spacial score (nSPS) is 12.6. The Morgan fingerprint density at radius 2 is 2.00 bits per heavy atom. The van der Waals surface area contributed by atoms with Crippen molar-refractivity contribution in [3.05, 3.63) is 48.0 Å². The maximum atomic E-state index is 12.5. The number of alkyl halides is 3. The lowest BCUT2D eigenvalue weighted by atomic mass is 10.0. The van der Waals surface area contributed by atoms with Crippen molar-refractivity contribution in [2.75, 3.05) is 6.61 Å². The first-order valence-corrected chi connectivity index (χ1v) is 6.09. The second kappa shape index (κ2) is 6.98. The molecule has 0 spiro atoms. The zero-order chi connectivity index (χ0) is 15.2. The predicted molar refractivity (Wildman–Crippen MR) is 69.2 cm³/mol. The Hall–Kier alpha value is -1.98. The summed E-state index contributed by atoms with van der Waals surface area (Å²) in [6.45, 7) is 5.45. The second-order valence-corrected chi connectivity index (χ2v) is 4.06. The highest BCUT2D eigenvalue weighted by molar-refractivity contribution is 5.67. The predicted octanol–water partition coefficient (Wildman–Crippen LogP) is 4.07. The molecule has 0 saturated carbocycles. The first-order chi connectivity index (χ1) is 9.38. The van der Waals surface area contributed by atoms with Crippen molar-refractivity contribution in [3.63, 3.8) is 0 Å². The molecule has 1 aromatic rings. The summed E-state index contributed by atoms with van der Waals surface area (Å²) in [5, 5.41) is 2.58. The number of alkyl carbamates (subject to hydrolysis) is 1. The lowest BCUT2D eigenvalue weighted by Crippen LogP contribution is -2.29. The van der Waals surface area contributed by atoms with Crippen molar-refractivity contribution in [2.24, 2.45) is 0 Å². The van der Waals surface area contributed by atoms with E-state index in [9.17, 15) is 18.0 Å². The standard InChI is InChI=1S/C14H16F3NO2/c1-3-5-12(18-13(19)20-4-2)10-6-8-11(9-7-10)14(15,16)17/h3,6-9,12H,1,4-5H2,2H3,(H,18,19). The molecule has 1 amide bonds. The molecule has 0 bridgehead atoms. The summed E-state index contributed by atoms with van der Waals surface area (Å²) in [5.41, 5.74) is -0.166. The number of carbonyl (C=O) groups excluding carboxylic acids is 1. The monoisotopic (exact) mass is 287 g/mol. The van der Waals surface area contributed by atoms with E-state index < -0.39 is 23.9 Å². The number of carbonyl (C=O) groups is 1. The Morgan fingerprint density at radius 3 is 2.45 bits per heavy atom. The maximum Gasteiger partial charge on any atom is 0.416 e. The Kier molecular flexibility index (Phi) is 5.61. The van der Waals surface area contributed by atoms with Gasteiger partial charge in [0.25, 0.3) is 0 Å². The fourth-order valence-electron chi connectivity index (χ4n) is 1.66. The van der Waals surface area contributed by atoms with Crippen LogP contribution in [0.5, 0.6) is 0 Å². The fraction of sp³-hybridized carbons (Fsp3) is 0.357. The van der Waals surface area contributed by atoms with Gasteiger partial charge in [0.1, 0.15) is 0 Å². The minimum atomic E-state index is -4.37. The molecule has 0 fully saturated rings. The lowest BCUT2D eigenvalue weighted by Gasteiger charge is -2.18. The van der Waals surface area contributed by atoms with Crippen LogP contribution in [0.4, 0.5) is 18.0 Å². The van der Waals surface area contributed by atoms with Gasteiger partial charge in [0.05, 0.1) is 18.2 Å². The van der Waals surface area contributed by atoms with Gasteiger partial charge in [0.2, 0.25) is 0 Å². The number of halogens is 3. The van der Waals surface area contributed by atoms with Crippen LogP contribution in [0.3, 0.4) is 0 Å². The van der Waals surface area contributed by atoms with Crippen molar-refractivity contribution >= 4 is 6.09 Å².